The first kappa shape index (κ1) is 22.2. The largest absolute Gasteiger partial charge is 0.485 e. The second kappa shape index (κ2) is 9.70. The Morgan fingerprint density at radius 3 is 2.65 bits per heavy atom. The lowest BCUT2D eigenvalue weighted by Crippen LogP contribution is -2.11. The Morgan fingerprint density at radius 1 is 1.03 bits per heavy atom. The summed E-state index contributed by atoms with van der Waals surface area (Å²) in [6.07, 6.45) is 0. The number of fused-ring (bicyclic) bond motifs is 1. The lowest BCUT2D eigenvalue weighted by molar-refractivity contribution is 0.291. The van der Waals surface area contributed by atoms with Crippen molar-refractivity contribution in [2.24, 2.45) is 0 Å². The van der Waals surface area contributed by atoms with Gasteiger partial charge in [0.05, 0.1) is 16.7 Å². The van der Waals surface area contributed by atoms with E-state index in [9.17, 15) is 4.79 Å². The van der Waals surface area contributed by atoms with Crippen molar-refractivity contribution in [3.05, 3.63) is 105 Å². The molecule has 0 fully saturated rings. The van der Waals surface area contributed by atoms with Gasteiger partial charge in [0.2, 0.25) is 0 Å². The Hall–Kier alpha value is -3.62. The topological polar surface area (TPSA) is 85.7 Å². The number of ether oxygens (including phenoxy) is 1. The third-order valence-corrected chi connectivity index (χ3v) is 6.40. The first-order valence-corrected chi connectivity index (χ1v) is 11.9. The number of H-pyrrole nitrogens is 1. The van der Waals surface area contributed by atoms with E-state index in [2.05, 4.69) is 20.2 Å². The van der Waals surface area contributed by atoms with Gasteiger partial charge in [0.1, 0.15) is 18.2 Å². The zero-order chi connectivity index (χ0) is 23.5. The molecule has 0 radical (unpaired) electrons. The summed E-state index contributed by atoms with van der Waals surface area (Å²) in [4.78, 5) is 19.9. The molecule has 34 heavy (non-hydrogen) atoms. The molecule has 170 valence electrons. The van der Waals surface area contributed by atoms with Crippen molar-refractivity contribution in [2.45, 2.75) is 24.4 Å². The highest BCUT2D eigenvalue weighted by atomic mass is 35.5. The number of hydrogen-bond acceptors (Lipinski definition) is 6. The number of aryl methyl sites for hydroxylation is 1. The molecule has 0 spiro atoms. The number of nitrogens with one attached hydrogen (secondary N) is 1. The first-order chi connectivity index (χ1) is 16.6. The summed E-state index contributed by atoms with van der Waals surface area (Å²) in [5.74, 6) is 2.41. The van der Waals surface area contributed by atoms with Crippen molar-refractivity contribution in [2.75, 3.05) is 0 Å². The molecule has 0 bridgehead atoms. The average Bonchev–Trinajstić information content (AvgIpc) is 3.25. The summed E-state index contributed by atoms with van der Waals surface area (Å²) in [6, 6.07) is 22.7. The summed E-state index contributed by atoms with van der Waals surface area (Å²) in [7, 11) is 0. The van der Waals surface area contributed by atoms with Crippen LogP contribution in [0.1, 0.15) is 17.2 Å². The molecule has 0 amide bonds. The van der Waals surface area contributed by atoms with Crippen LogP contribution in [0.15, 0.2) is 82.7 Å². The van der Waals surface area contributed by atoms with Gasteiger partial charge in [-0.1, -0.05) is 59.8 Å². The van der Waals surface area contributed by atoms with Gasteiger partial charge in [0, 0.05) is 10.7 Å². The molecule has 9 heteroatoms. The quantitative estimate of drug-likeness (QED) is 0.311. The maximum absolute atomic E-state index is 12.5. The van der Waals surface area contributed by atoms with E-state index in [0.29, 0.717) is 38.5 Å². The number of para-hydroxylation sites is 2. The van der Waals surface area contributed by atoms with Crippen molar-refractivity contribution >= 4 is 34.3 Å². The minimum atomic E-state index is -0.200. The van der Waals surface area contributed by atoms with E-state index in [4.69, 9.17) is 16.3 Å². The van der Waals surface area contributed by atoms with Crippen LogP contribution in [-0.2, 0) is 12.4 Å². The molecule has 1 N–H and O–H groups in total. The van der Waals surface area contributed by atoms with E-state index in [1.54, 1.807) is 18.2 Å². The summed E-state index contributed by atoms with van der Waals surface area (Å²) >= 11 is 7.51. The molecule has 2 aromatic heterocycles. The van der Waals surface area contributed by atoms with Crippen LogP contribution in [-0.4, -0.2) is 24.7 Å². The van der Waals surface area contributed by atoms with Crippen LogP contribution in [0.25, 0.3) is 16.6 Å². The van der Waals surface area contributed by atoms with E-state index in [1.165, 1.54) is 11.8 Å². The van der Waals surface area contributed by atoms with E-state index in [1.807, 2.05) is 66.1 Å². The molecule has 0 aliphatic carbocycles. The predicted octanol–water partition coefficient (Wildman–Crippen LogP) is 5.34. The fourth-order valence-electron chi connectivity index (χ4n) is 3.55. The van der Waals surface area contributed by atoms with E-state index in [0.717, 1.165) is 17.0 Å². The van der Waals surface area contributed by atoms with Gasteiger partial charge in [0.25, 0.3) is 5.56 Å². The smallest absolute Gasteiger partial charge is 0.258 e. The molecule has 2 heterocycles. The van der Waals surface area contributed by atoms with Crippen LogP contribution in [0.4, 0.5) is 0 Å². The minimum absolute atomic E-state index is 0.200. The Bertz CT molecular complexity index is 1520. The number of aromatic amines is 1. The highest BCUT2D eigenvalue weighted by Crippen LogP contribution is 2.26. The number of halogens is 1. The summed E-state index contributed by atoms with van der Waals surface area (Å²) < 4.78 is 7.99. The minimum Gasteiger partial charge on any atom is -0.485 e. The van der Waals surface area contributed by atoms with Gasteiger partial charge < -0.3 is 9.72 Å². The second-order valence-electron chi connectivity index (χ2n) is 7.59. The molecule has 0 saturated carbocycles. The number of hydrogen-bond donors (Lipinski definition) is 1. The van der Waals surface area contributed by atoms with Gasteiger partial charge in [-0.3, -0.25) is 9.36 Å². The maximum Gasteiger partial charge on any atom is 0.258 e. The molecule has 0 aliphatic rings. The van der Waals surface area contributed by atoms with Gasteiger partial charge in [0.15, 0.2) is 11.0 Å². The van der Waals surface area contributed by atoms with Crippen molar-refractivity contribution in [1.82, 2.24) is 24.7 Å². The van der Waals surface area contributed by atoms with Crippen LogP contribution in [0.2, 0.25) is 5.02 Å². The Kier molecular flexibility index (Phi) is 6.33. The Labute approximate surface area is 204 Å². The number of benzene rings is 3. The fraction of sp³-hybridized carbons (Fsp3) is 0.120. The first-order valence-electron chi connectivity index (χ1n) is 10.6. The van der Waals surface area contributed by atoms with E-state index in [-0.39, 0.29) is 12.2 Å². The molecular weight excluding hydrogens is 470 g/mol. The van der Waals surface area contributed by atoms with Crippen LogP contribution >= 0.6 is 23.4 Å². The third kappa shape index (κ3) is 4.69. The molecule has 7 nitrogen and oxygen atoms in total. The van der Waals surface area contributed by atoms with Crippen LogP contribution in [0, 0.1) is 6.92 Å². The summed E-state index contributed by atoms with van der Waals surface area (Å²) in [5, 5.41) is 10.5. The van der Waals surface area contributed by atoms with Crippen LogP contribution in [0.3, 0.4) is 0 Å². The molecule has 5 aromatic rings. The van der Waals surface area contributed by atoms with Crippen molar-refractivity contribution < 1.29 is 4.74 Å². The predicted molar refractivity (Wildman–Crippen MR) is 134 cm³/mol. The monoisotopic (exact) mass is 489 g/mol. The number of rotatable bonds is 7. The number of nitrogens with zero attached hydrogens (tertiary/aromatic N) is 4. The molecule has 0 saturated heterocycles. The molecule has 0 unspecified atom stereocenters. The van der Waals surface area contributed by atoms with Gasteiger partial charge in [-0.05, 0) is 48.9 Å². The lowest BCUT2D eigenvalue weighted by atomic mass is 10.2. The SMILES string of the molecule is Cc1ccccc1OCc1nnc(SCc2nc3cc(Cl)ccc3c(=O)[nH]2)n1-c1ccccc1. The van der Waals surface area contributed by atoms with Gasteiger partial charge in [-0.15, -0.1) is 10.2 Å². The highest BCUT2D eigenvalue weighted by Gasteiger charge is 2.16. The molecule has 5 rings (SSSR count). The van der Waals surface area contributed by atoms with Crippen molar-refractivity contribution in [3.63, 3.8) is 0 Å². The van der Waals surface area contributed by atoms with Crippen LogP contribution in [0.5, 0.6) is 5.75 Å². The molecule has 3 aromatic carbocycles. The van der Waals surface area contributed by atoms with Crippen LogP contribution < -0.4 is 10.3 Å². The zero-order valence-corrected chi connectivity index (χ0v) is 19.8. The Morgan fingerprint density at radius 2 is 1.82 bits per heavy atom. The van der Waals surface area contributed by atoms with Gasteiger partial charge in [-0.2, -0.15) is 0 Å². The molecule has 0 aliphatic heterocycles. The zero-order valence-electron chi connectivity index (χ0n) is 18.2. The standard InChI is InChI=1S/C25H20ClN5O2S/c1-16-7-5-6-10-21(16)33-14-23-29-30-25(31(23)18-8-3-2-4-9-18)34-15-22-27-20-13-17(26)11-12-19(20)24(32)28-22/h2-13H,14-15H2,1H3,(H,27,28,32). The third-order valence-electron chi connectivity index (χ3n) is 5.22. The van der Waals surface area contributed by atoms with Gasteiger partial charge in [-0.25, -0.2) is 4.98 Å². The Balaban J connectivity index is 1.43. The molecule has 0 atom stereocenters. The van der Waals surface area contributed by atoms with E-state index < -0.39 is 0 Å². The molecular formula is C25H20ClN5O2S. The van der Waals surface area contributed by atoms with Crippen molar-refractivity contribution in [1.29, 1.82) is 0 Å². The summed E-state index contributed by atoms with van der Waals surface area (Å²) in [5.41, 5.74) is 2.33. The van der Waals surface area contributed by atoms with Crippen molar-refractivity contribution in [3.8, 4) is 11.4 Å². The lowest BCUT2D eigenvalue weighted by Gasteiger charge is -2.12. The fourth-order valence-corrected chi connectivity index (χ4v) is 4.55. The second-order valence-corrected chi connectivity index (χ2v) is 8.97. The maximum atomic E-state index is 12.5. The number of aromatic nitrogens is 5. The highest BCUT2D eigenvalue weighted by molar-refractivity contribution is 7.98. The normalized spacial score (nSPS) is 11.1. The number of thioether (sulfide) groups is 1. The summed E-state index contributed by atoms with van der Waals surface area (Å²) in [6.45, 7) is 2.26. The van der Waals surface area contributed by atoms with E-state index >= 15 is 0 Å². The average molecular weight is 490 g/mol. The van der Waals surface area contributed by atoms with Gasteiger partial charge >= 0.3 is 0 Å².